The summed E-state index contributed by atoms with van der Waals surface area (Å²) in [5.74, 6) is -0.0853. The molecular formula is C30H28Br2N4O2. The first-order chi connectivity index (χ1) is 18.4. The van der Waals surface area contributed by atoms with Crippen LogP contribution in [0.1, 0.15) is 37.4 Å². The molecule has 1 aromatic heterocycles. The number of carbonyl (C=O) groups excluding carboxylic acids is 1. The highest BCUT2D eigenvalue weighted by molar-refractivity contribution is 9.10. The van der Waals surface area contributed by atoms with E-state index in [1.54, 1.807) is 5.01 Å². The summed E-state index contributed by atoms with van der Waals surface area (Å²) < 4.78 is 1.88. The summed E-state index contributed by atoms with van der Waals surface area (Å²) in [6.07, 6.45) is 0.439. The Morgan fingerprint density at radius 1 is 0.974 bits per heavy atom. The minimum Gasteiger partial charge on any atom is -0.321 e. The highest BCUT2D eigenvalue weighted by atomic mass is 79.9. The van der Waals surface area contributed by atoms with Crippen LogP contribution in [0.25, 0.3) is 22.0 Å². The van der Waals surface area contributed by atoms with E-state index in [-0.39, 0.29) is 24.1 Å². The first-order valence-electron chi connectivity index (χ1n) is 12.7. The molecule has 1 unspecified atom stereocenters. The van der Waals surface area contributed by atoms with Gasteiger partial charge in [-0.1, -0.05) is 88.2 Å². The Morgan fingerprint density at radius 3 is 2.34 bits per heavy atom. The third-order valence-corrected chi connectivity index (χ3v) is 8.02. The van der Waals surface area contributed by atoms with Gasteiger partial charge in [-0.2, -0.15) is 5.10 Å². The summed E-state index contributed by atoms with van der Waals surface area (Å²) in [4.78, 5) is 32.4. The predicted octanol–water partition coefficient (Wildman–Crippen LogP) is 6.74. The number of aromatic amines is 1. The molecule has 4 aromatic rings. The lowest BCUT2D eigenvalue weighted by Gasteiger charge is -2.25. The largest absolute Gasteiger partial charge is 0.321 e. The molecule has 2 heterocycles. The van der Waals surface area contributed by atoms with Gasteiger partial charge < -0.3 is 4.98 Å². The Bertz CT molecular complexity index is 1560. The zero-order valence-corrected chi connectivity index (χ0v) is 24.4. The number of nitrogens with zero attached hydrogens (tertiary/aromatic N) is 3. The van der Waals surface area contributed by atoms with Gasteiger partial charge in [-0.05, 0) is 54.5 Å². The molecule has 3 aromatic carbocycles. The lowest BCUT2D eigenvalue weighted by atomic mass is 9.91. The summed E-state index contributed by atoms with van der Waals surface area (Å²) in [6.45, 7) is 5.89. The van der Waals surface area contributed by atoms with Crippen molar-refractivity contribution < 1.29 is 4.79 Å². The number of likely N-dealkylation sites (N-methyl/N-ethyl adjacent to an activating group) is 1. The van der Waals surface area contributed by atoms with Crippen molar-refractivity contribution in [3.05, 3.63) is 103 Å². The Balaban J connectivity index is 1.69. The number of rotatable bonds is 7. The number of halogens is 2. The summed E-state index contributed by atoms with van der Waals surface area (Å²) in [6, 6.07) is 23.4. The van der Waals surface area contributed by atoms with E-state index in [1.165, 1.54) is 0 Å². The van der Waals surface area contributed by atoms with E-state index >= 15 is 0 Å². The number of fused-ring (bicyclic) bond motifs is 1. The fraction of sp³-hybridized carbons (Fsp3) is 0.233. The third-order valence-electron chi connectivity index (χ3n) is 7.00. The predicted molar refractivity (Wildman–Crippen MR) is 160 cm³/mol. The smallest absolute Gasteiger partial charge is 0.258 e. The van der Waals surface area contributed by atoms with Gasteiger partial charge in [0.2, 0.25) is 0 Å². The van der Waals surface area contributed by atoms with Crippen molar-refractivity contribution in [2.24, 2.45) is 5.10 Å². The Morgan fingerprint density at radius 2 is 1.66 bits per heavy atom. The number of hydrazone groups is 1. The molecule has 38 heavy (non-hydrogen) atoms. The van der Waals surface area contributed by atoms with Crippen LogP contribution in [0.5, 0.6) is 0 Å². The number of carbonyl (C=O) groups is 1. The van der Waals surface area contributed by atoms with Gasteiger partial charge in [-0.15, -0.1) is 0 Å². The molecular weight excluding hydrogens is 608 g/mol. The summed E-state index contributed by atoms with van der Waals surface area (Å²) in [5, 5.41) is 7.36. The minimum absolute atomic E-state index is 0.0853. The summed E-state index contributed by atoms with van der Waals surface area (Å²) in [5.41, 5.74) is 4.35. The molecule has 0 fully saturated rings. The van der Waals surface area contributed by atoms with Crippen LogP contribution < -0.4 is 5.56 Å². The van der Waals surface area contributed by atoms with E-state index in [1.807, 2.05) is 86.6 Å². The van der Waals surface area contributed by atoms with Crippen LogP contribution in [-0.4, -0.2) is 46.1 Å². The highest BCUT2D eigenvalue weighted by Gasteiger charge is 2.35. The van der Waals surface area contributed by atoms with Gasteiger partial charge in [0.1, 0.15) is 0 Å². The number of nitrogens with one attached hydrogen (secondary N) is 1. The van der Waals surface area contributed by atoms with Gasteiger partial charge in [-0.3, -0.25) is 14.5 Å². The number of amides is 1. The van der Waals surface area contributed by atoms with Crippen molar-refractivity contribution >= 4 is 54.4 Å². The molecule has 0 spiro atoms. The lowest BCUT2D eigenvalue weighted by Crippen LogP contribution is -2.38. The second-order valence-corrected chi connectivity index (χ2v) is 11.1. The molecule has 0 bridgehead atoms. The van der Waals surface area contributed by atoms with Gasteiger partial charge >= 0.3 is 0 Å². The standard InChI is InChI=1S/C30H28Br2N4O2/c1-3-35(4-2)18-27(37)36-26(19-10-12-21(31)13-11-19)17-25(34-36)29-28(20-8-6-5-7-9-20)23-16-22(32)14-15-24(23)33-30(29)38/h5-16,26H,3-4,17-18H2,1-2H3,(H,33,38). The number of benzene rings is 3. The lowest BCUT2D eigenvalue weighted by molar-refractivity contribution is -0.134. The monoisotopic (exact) mass is 634 g/mol. The topological polar surface area (TPSA) is 68.8 Å². The average Bonchev–Trinajstić information content (AvgIpc) is 3.37. The maximum Gasteiger partial charge on any atom is 0.258 e. The van der Waals surface area contributed by atoms with E-state index in [0.717, 1.165) is 49.6 Å². The van der Waals surface area contributed by atoms with Gasteiger partial charge in [-0.25, -0.2) is 5.01 Å². The van der Waals surface area contributed by atoms with Crippen molar-refractivity contribution in [2.45, 2.75) is 26.3 Å². The van der Waals surface area contributed by atoms with Crippen LogP contribution >= 0.6 is 31.9 Å². The second-order valence-electron chi connectivity index (χ2n) is 9.28. The molecule has 1 aliphatic rings. The van der Waals surface area contributed by atoms with Crippen LogP contribution in [0.3, 0.4) is 0 Å². The van der Waals surface area contributed by atoms with E-state index in [2.05, 4.69) is 41.7 Å². The van der Waals surface area contributed by atoms with Crippen LogP contribution in [0.15, 0.2) is 91.6 Å². The summed E-state index contributed by atoms with van der Waals surface area (Å²) >= 11 is 7.10. The quantitative estimate of drug-likeness (QED) is 0.245. The first-order valence-corrected chi connectivity index (χ1v) is 14.3. The van der Waals surface area contributed by atoms with Crippen LogP contribution in [0, 0.1) is 0 Å². The van der Waals surface area contributed by atoms with Gasteiger partial charge in [0.15, 0.2) is 0 Å². The van der Waals surface area contributed by atoms with Crippen LogP contribution in [0.2, 0.25) is 0 Å². The molecule has 0 saturated carbocycles. The molecule has 1 aliphatic heterocycles. The average molecular weight is 636 g/mol. The maximum atomic E-state index is 13.7. The fourth-order valence-corrected chi connectivity index (χ4v) is 5.62. The third kappa shape index (κ3) is 5.25. The molecule has 8 heteroatoms. The molecule has 1 atom stereocenters. The number of pyridine rings is 1. The van der Waals surface area contributed by atoms with Crippen LogP contribution in [-0.2, 0) is 4.79 Å². The molecule has 5 rings (SSSR count). The summed E-state index contributed by atoms with van der Waals surface area (Å²) in [7, 11) is 0. The Labute approximate surface area is 238 Å². The maximum absolute atomic E-state index is 13.7. The normalized spacial score (nSPS) is 15.3. The number of aromatic nitrogens is 1. The van der Waals surface area contributed by atoms with Crippen molar-refractivity contribution in [3.8, 4) is 11.1 Å². The van der Waals surface area contributed by atoms with Crippen molar-refractivity contribution in [1.29, 1.82) is 0 Å². The molecule has 0 aliphatic carbocycles. The van der Waals surface area contributed by atoms with E-state index in [4.69, 9.17) is 5.10 Å². The number of hydrogen-bond donors (Lipinski definition) is 1. The highest BCUT2D eigenvalue weighted by Crippen LogP contribution is 2.37. The molecule has 0 radical (unpaired) electrons. The molecule has 0 saturated heterocycles. The van der Waals surface area contributed by atoms with Crippen LogP contribution in [0.4, 0.5) is 0 Å². The van der Waals surface area contributed by atoms with E-state index < -0.39 is 0 Å². The van der Waals surface area contributed by atoms with Crippen molar-refractivity contribution in [1.82, 2.24) is 14.9 Å². The number of H-pyrrole nitrogens is 1. The van der Waals surface area contributed by atoms with E-state index in [9.17, 15) is 9.59 Å². The van der Waals surface area contributed by atoms with E-state index in [0.29, 0.717) is 17.7 Å². The SMILES string of the molecule is CCN(CC)CC(=O)N1N=C(c2c(-c3ccccc3)c3cc(Br)ccc3[nH]c2=O)CC1c1ccc(Br)cc1. The second kappa shape index (κ2) is 11.4. The fourth-order valence-electron chi connectivity index (χ4n) is 4.99. The Hall–Kier alpha value is -3.07. The number of hydrogen-bond acceptors (Lipinski definition) is 4. The van der Waals surface area contributed by atoms with Gasteiger partial charge in [0.05, 0.1) is 23.9 Å². The minimum atomic E-state index is -0.303. The Kier molecular flexibility index (Phi) is 7.93. The van der Waals surface area contributed by atoms with Crippen molar-refractivity contribution in [3.63, 3.8) is 0 Å². The van der Waals surface area contributed by atoms with Gasteiger partial charge in [0.25, 0.3) is 11.5 Å². The zero-order chi connectivity index (χ0) is 26.8. The molecule has 1 amide bonds. The molecule has 1 N–H and O–H groups in total. The molecule has 194 valence electrons. The van der Waals surface area contributed by atoms with Crippen molar-refractivity contribution in [2.75, 3.05) is 19.6 Å². The first kappa shape index (κ1) is 26.5. The molecule has 6 nitrogen and oxygen atoms in total. The van der Waals surface area contributed by atoms with Gasteiger partial charge in [0, 0.05) is 31.8 Å². The zero-order valence-electron chi connectivity index (χ0n) is 21.2.